The van der Waals surface area contributed by atoms with Gasteiger partial charge in [0.1, 0.15) is 11.3 Å². The molecule has 0 bridgehead atoms. The SMILES string of the molecule is CCOC(=O)c1ccccc1OC([O])=O. The third-order valence-electron chi connectivity index (χ3n) is 1.58. The minimum Gasteiger partial charge on any atom is -0.462 e. The number of esters is 1. The fraction of sp³-hybridized carbons (Fsp3) is 0.200. The van der Waals surface area contributed by atoms with Crippen LogP contribution in [-0.4, -0.2) is 18.7 Å². The maximum atomic E-state index is 11.3. The Kier molecular flexibility index (Phi) is 3.68. The largest absolute Gasteiger partial charge is 0.555 e. The number of para-hydroxylation sites is 1. The smallest absolute Gasteiger partial charge is 0.462 e. The molecule has 79 valence electrons. The summed E-state index contributed by atoms with van der Waals surface area (Å²) >= 11 is 0. The van der Waals surface area contributed by atoms with Crippen molar-refractivity contribution in [3.05, 3.63) is 29.8 Å². The molecule has 0 heterocycles. The second-order valence-corrected chi connectivity index (χ2v) is 2.57. The number of hydrogen-bond donors (Lipinski definition) is 0. The molecule has 1 radical (unpaired) electrons. The Balaban J connectivity index is 2.95. The molecule has 0 fully saturated rings. The van der Waals surface area contributed by atoms with Crippen LogP contribution in [0.25, 0.3) is 0 Å². The molecule has 5 heteroatoms. The van der Waals surface area contributed by atoms with E-state index in [2.05, 4.69) is 4.74 Å². The Hall–Kier alpha value is -2.04. The van der Waals surface area contributed by atoms with Gasteiger partial charge in [-0.05, 0) is 19.1 Å². The molecule has 1 rings (SSSR count). The monoisotopic (exact) mass is 209 g/mol. The molecule has 5 nitrogen and oxygen atoms in total. The minimum atomic E-state index is -1.72. The minimum absolute atomic E-state index is 0.0588. The van der Waals surface area contributed by atoms with E-state index in [9.17, 15) is 14.7 Å². The topological polar surface area (TPSA) is 72.5 Å². The Morgan fingerprint density at radius 2 is 1.93 bits per heavy atom. The average Bonchev–Trinajstić information content (AvgIpc) is 2.18. The molecule has 1 aromatic rings. The van der Waals surface area contributed by atoms with Crippen LogP contribution < -0.4 is 4.74 Å². The lowest BCUT2D eigenvalue weighted by molar-refractivity contribution is 0.0522. The first-order chi connectivity index (χ1) is 7.15. The van der Waals surface area contributed by atoms with Crippen molar-refractivity contribution in [3.63, 3.8) is 0 Å². The van der Waals surface area contributed by atoms with Crippen molar-refractivity contribution in [1.82, 2.24) is 0 Å². The summed E-state index contributed by atoms with van der Waals surface area (Å²) in [7, 11) is 0. The number of carbonyl (C=O) groups excluding carboxylic acids is 2. The van der Waals surface area contributed by atoms with Crippen LogP contribution in [0, 0.1) is 0 Å². The van der Waals surface area contributed by atoms with Gasteiger partial charge in [0.2, 0.25) is 0 Å². The molecule has 0 aliphatic heterocycles. The molecule has 0 aromatic heterocycles. The maximum absolute atomic E-state index is 11.3. The standard InChI is InChI=1S/C10H9O5/c1-2-14-9(11)7-5-3-4-6-8(7)15-10(12)13/h3-6H,2H2,1H3. The second-order valence-electron chi connectivity index (χ2n) is 2.57. The zero-order chi connectivity index (χ0) is 11.3. The first-order valence-electron chi connectivity index (χ1n) is 4.30. The van der Waals surface area contributed by atoms with E-state index in [4.69, 9.17) is 4.74 Å². The summed E-state index contributed by atoms with van der Waals surface area (Å²) in [4.78, 5) is 21.5. The number of benzene rings is 1. The normalized spacial score (nSPS) is 9.40. The number of ether oxygens (including phenoxy) is 2. The molecule has 1 aromatic carbocycles. The lowest BCUT2D eigenvalue weighted by Crippen LogP contribution is -2.09. The fourth-order valence-electron chi connectivity index (χ4n) is 1.02. The highest BCUT2D eigenvalue weighted by molar-refractivity contribution is 5.93. The summed E-state index contributed by atoms with van der Waals surface area (Å²) in [6.45, 7) is 1.86. The molecule has 0 unspecified atom stereocenters. The summed E-state index contributed by atoms with van der Waals surface area (Å²) in [5, 5.41) is 10.2. The van der Waals surface area contributed by atoms with Crippen molar-refractivity contribution in [3.8, 4) is 5.75 Å². The first kappa shape index (κ1) is 11.0. The summed E-state index contributed by atoms with van der Waals surface area (Å²) in [6, 6.07) is 5.88. The van der Waals surface area contributed by atoms with Crippen LogP contribution in [0.15, 0.2) is 24.3 Å². The third-order valence-corrected chi connectivity index (χ3v) is 1.58. The summed E-state index contributed by atoms with van der Waals surface area (Å²) in [5.74, 6) is -0.717. The van der Waals surface area contributed by atoms with Gasteiger partial charge in [-0.15, -0.1) is 0 Å². The van der Waals surface area contributed by atoms with Gasteiger partial charge in [-0.2, -0.15) is 9.90 Å². The van der Waals surface area contributed by atoms with Crippen molar-refractivity contribution in [2.24, 2.45) is 0 Å². The van der Waals surface area contributed by atoms with Gasteiger partial charge in [0.15, 0.2) is 0 Å². The number of carbonyl (C=O) groups is 2. The molecule has 0 saturated heterocycles. The van der Waals surface area contributed by atoms with Gasteiger partial charge in [-0.25, -0.2) is 4.79 Å². The number of rotatable bonds is 3. The molecule has 0 N–H and O–H groups in total. The van der Waals surface area contributed by atoms with Gasteiger partial charge in [0.25, 0.3) is 0 Å². The third kappa shape index (κ3) is 2.98. The molecule has 0 aliphatic carbocycles. The van der Waals surface area contributed by atoms with Crippen molar-refractivity contribution in [1.29, 1.82) is 0 Å². The van der Waals surface area contributed by atoms with E-state index in [0.29, 0.717) is 0 Å². The summed E-state index contributed by atoms with van der Waals surface area (Å²) < 4.78 is 9.04. The highest BCUT2D eigenvalue weighted by Gasteiger charge is 2.15. The lowest BCUT2D eigenvalue weighted by Gasteiger charge is -2.05. The van der Waals surface area contributed by atoms with Crippen molar-refractivity contribution in [2.75, 3.05) is 6.61 Å². The van der Waals surface area contributed by atoms with Crippen LogP contribution in [-0.2, 0) is 9.84 Å². The molecular weight excluding hydrogens is 200 g/mol. The Morgan fingerprint density at radius 1 is 1.27 bits per heavy atom. The van der Waals surface area contributed by atoms with Crippen LogP contribution in [0.5, 0.6) is 5.75 Å². The van der Waals surface area contributed by atoms with Gasteiger partial charge in [0.05, 0.1) is 6.61 Å². The van der Waals surface area contributed by atoms with Crippen molar-refractivity contribution in [2.45, 2.75) is 6.92 Å². The van der Waals surface area contributed by atoms with Gasteiger partial charge < -0.3 is 9.47 Å². The van der Waals surface area contributed by atoms with E-state index in [1.54, 1.807) is 19.1 Å². The maximum Gasteiger partial charge on any atom is 0.555 e. The fourth-order valence-corrected chi connectivity index (χ4v) is 1.02. The van der Waals surface area contributed by atoms with Gasteiger partial charge in [0, 0.05) is 0 Å². The molecule has 0 atom stereocenters. The van der Waals surface area contributed by atoms with Crippen molar-refractivity contribution < 1.29 is 24.2 Å². The van der Waals surface area contributed by atoms with Crippen LogP contribution in [0.4, 0.5) is 4.79 Å². The van der Waals surface area contributed by atoms with E-state index in [-0.39, 0.29) is 17.9 Å². The van der Waals surface area contributed by atoms with E-state index in [0.717, 1.165) is 0 Å². The van der Waals surface area contributed by atoms with E-state index in [1.165, 1.54) is 12.1 Å². The molecule has 0 aliphatic rings. The molecule has 0 saturated carbocycles. The van der Waals surface area contributed by atoms with Gasteiger partial charge in [-0.3, -0.25) is 0 Å². The Labute approximate surface area is 86.2 Å². The van der Waals surface area contributed by atoms with Crippen LogP contribution >= 0.6 is 0 Å². The van der Waals surface area contributed by atoms with Crippen LogP contribution in [0.3, 0.4) is 0 Å². The Bertz CT molecular complexity index is 372. The average molecular weight is 209 g/mol. The zero-order valence-electron chi connectivity index (χ0n) is 8.06. The summed E-state index contributed by atoms with van der Waals surface area (Å²) in [6.07, 6.45) is -1.72. The van der Waals surface area contributed by atoms with Crippen LogP contribution in [0.1, 0.15) is 17.3 Å². The van der Waals surface area contributed by atoms with Gasteiger partial charge in [-0.1, -0.05) is 12.1 Å². The first-order valence-corrected chi connectivity index (χ1v) is 4.30. The summed E-state index contributed by atoms with van der Waals surface area (Å²) in [5.41, 5.74) is 0.0588. The Morgan fingerprint density at radius 3 is 2.53 bits per heavy atom. The zero-order valence-corrected chi connectivity index (χ0v) is 8.06. The van der Waals surface area contributed by atoms with E-state index >= 15 is 0 Å². The highest BCUT2D eigenvalue weighted by atomic mass is 16.7. The molecule has 15 heavy (non-hydrogen) atoms. The molecular formula is C10H9O5. The second kappa shape index (κ2) is 4.99. The van der Waals surface area contributed by atoms with Gasteiger partial charge >= 0.3 is 12.1 Å². The van der Waals surface area contributed by atoms with Crippen molar-refractivity contribution >= 4 is 12.1 Å². The quantitative estimate of drug-likeness (QED) is 0.562. The molecule has 0 amide bonds. The lowest BCUT2D eigenvalue weighted by atomic mass is 10.2. The van der Waals surface area contributed by atoms with E-state index < -0.39 is 12.1 Å². The predicted molar refractivity (Wildman–Crippen MR) is 49.1 cm³/mol. The predicted octanol–water partition coefficient (Wildman–Crippen LogP) is 1.79. The van der Waals surface area contributed by atoms with E-state index in [1.807, 2.05) is 0 Å². The molecule has 0 spiro atoms. The highest BCUT2D eigenvalue weighted by Crippen LogP contribution is 2.18. The van der Waals surface area contributed by atoms with Crippen LogP contribution in [0.2, 0.25) is 0 Å². The number of hydrogen-bond acceptors (Lipinski definition) is 4.